The SMILES string of the molecule is [CH2-]C1CCC1.[CH3-].[Zr+4].c1cc[cH-]c1.c1ccc2c(c1)[cH-]c1ccccc12. The minimum absolute atomic E-state index is 0. The first-order valence-corrected chi connectivity index (χ1v) is 8.37. The smallest absolute Gasteiger partial charge is 0.358 e. The average Bonchev–Trinajstić information content (AvgIpc) is 3.24. The predicted molar refractivity (Wildman–Crippen MR) is 108 cm³/mol. The second kappa shape index (κ2) is 11.2. The Morgan fingerprint density at radius 3 is 1.52 bits per heavy atom. The van der Waals surface area contributed by atoms with Crippen molar-refractivity contribution in [2.45, 2.75) is 19.3 Å². The van der Waals surface area contributed by atoms with Gasteiger partial charge in [0.1, 0.15) is 0 Å². The maximum atomic E-state index is 3.84. The summed E-state index contributed by atoms with van der Waals surface area (Å²) in [5.41, 5.74) is 0. The van der Waals surface area contributed by atoms with Gasteiger partial charge < -0.3 is 14.4 Å². The van der Waals surface area contributed by atoms with E-state index in [1.54, 1.807) is 0 Å². The number of benzene rings is 2. The Morgan fingerprint density at radius 1 is 0.760 bits per heavy atom. The minimum atomic E-state index is 0. The van der Waals surface area contributed by atoms with Crippen LogP contribution in [0, 0.1) is 20.3 Å². The molecule has 0 unspecified atom stereocenters. The second-order valence-corrected chi connectivity index (χ2v) is 6.08. The van der Waals surface area contributed by atoms with Gasteiger partial charge in [-0.1, -0.05) is 55.7 Å². The van der Waals surface area contributed by atoms with Crippen LogP contribution >= 0.6 is 0 Å². The van der Waals surface area contributed by atoms with E-state index in [1.165, 1.54) is 40.8 Å². The molecule has 1 saturated carbocycles. The van der Waals surface area contributed by atoms with E-state index in [1.807, 2.05) is 30.3 Å². The third-order valence-corrected chi connectivity index (χ3v) is 4.30. The van der Waals surface area contributed by atoms with Crippen LogP contribution in [0.3, 0.4) is 0 Å². The monoisotopic (exact) mass is 404 g/mol. The van der Waals surface area contributed by atoms with Crippen molar-refractivity contribution in [3.63, 3.8) is 0 Å². The minimum Gasteiger partial charge on any atom is -0.358 e. The van der Waals surface area contributed by atoms with Crippen molar-refractivity contribution in [3.8, 4) is 0 Å². The molecule has 0 spiro atoms. The second-order valence-electron chi connectivity index (χ2n) is 6.08. The van der Waals surface area contributed by atoms with Gasteiger partial charge in [-0.05, 0) is 0 Å². The Kier molecular flexibility index (Phi) is 9.68. The van der Waals surface area contributed by atoms with E-state index >= 15 is 0 Å². The van der Waals surface area contributed by atoms with Gasteiger partial charge in [0.25, 0.3) is 0 Å². The van der Waals surface area contributed by atoms with Crippen LogP contribution in [0.25, 0.3) is 21.5 Å². The van der Waals surface area contributed by atoms with E-state index < -0.39 is 0 Å². The molecule has 0 saturated heterocycles. The van der Waals surface area contributed by atoms with Crippen molar-refractivity contribution in [2.24, 2.45) is 5.92 Å². The molecule has 25 heavy (non-hydrogen) atoms. The number of hydrogen-bond acceptors (Lipinski definition) is 0. The van der Waals surface area contributed by atoms with Crippen LogP contribution in [-0.2, 0) is 26.2 Å². The van der Waals surface area contributed by atoms with Crippen LogP contribution in [0.4, 0.5) is 0 Å². The summed E-state index contributed by atoms with van der Waals surface area (Å²) in [7, 11) is 0. The van der Waals surface area contributed by atoms with Crippen molar-refractivity contribution >= 4 is 21.5 Å². The maximum Gasteiger partial charge on any atom is 4.00 e. The molecule has 1 aliphatic carbocycles. The van der Waals surface area contributed by atoms with Gasteiger partial charge in [0.05, 0.1) is 0 Å². The Hall–Kier alpha value is -1.46. The zero-order valence-corrected chi connectivity index (χ0v) is 17.4. The fourth-order valence-corrected chi connectivity index (χ4v) is 2.72. The van der Waals surface area contributed by atoms with Crippen molar-refractivity contribution in [1.29, 1.82) is 0 Å². The first-order chi connectivity index (χ1) is 11.3. The maximum absolute atomic E-state index is 3.84. The molecule has 0 radical (unpaired) electrons. The molecular weight excluding hydrogens is 379 g/mol. The van der Waals surface area contributed by atoms with E-state index in [9.17, 15) is 0 Å². The van der Waals surface area contributed by atoms with Crippen LogP contribution in [-0.4, -0.2) is 0 Å². The molecule has 4 aromatic carbocycles. The normalized spacial score (nSPS) is 12.5. The quantitative estimate of drug-likeness (QED) is 0.272. The molecule has 0 heterocycles. The summed E-state index contributed by atoms with van der Waals surface area (Å²) in [6.45, 7) is 3.84. The fraction of sp³-hybridized carbons (Fsp3) is 0.167. The average molecular weight is 406 g/mol. The van der Waals surface area contributed by atoms with Crippen LogP contribution < -0.4 is 0 Å². The van der Waals surface area contributed by atoms with Crippen LogP contribution in [0.15, 0.2) is 84.9 Å². The summed E-state index contributed by atoms with van der Waals surface area (Å²) in [4.78, 5) is 0. The van der Waals surface area contributed by atoms with Crippen LogP contribution in [0.5, 0.6) is 0 Å². The van der Waals surface area contributed by atoms with E-state index in [0.29, 0.717) is 0 Å². The molecule has 0 N–H and O–H groups in total. The fourth-order valence-electron chi connectivity index (χ4n) is 2.72. The molecule has 4 aromatic rings. The molecule has 0 bridgehead atoms. The summed E-state index contributed by atoms with van der Waals surface area (Å²) in [5, 5.41) is 5.39. The first kappa shape index (κ1) is 21.6. The molecular formula is C24H26Zr. The Balaban J connectivity index is 0.000000219. The largest absolute Gasteiger partial charge is 4.00 e. The molecule has 0 amide bonds. The van der Waals surface area contributed by atoms with Gasteiger partial charge in [-0.15, -0.1) is 39.7 Å². The molecule has 5 rings (SSSR count). The standard InChI is InChI=1S/C13H9.C5H9.C5H5.CH3.Zr/c1-3-7-12-10(5-1)9-11-6-2-4-8-13(11)12;1-5-3-2-4-5;1-2-4-5-3-1;;/h1-9H;5H,1-4H2;1-5H;1H3;/q4*-1;+4. The molecule has 1 heteroatoms. The molecule has 0 nitrogen and oxygen atoms in total. The van der Waals surface area contributed by atoms with E-state index in [2.05, 4.69) is 61.5 Å². The number of rotatable bonds is 0. The Labute approximate surface area is 171 Å². The predicted octanol–water partition coefficient (Wildman–Crippen LogP) is 7.19. The van der Waals surface area contributed by atoms with Crippen molar-refractivity contribution in [2.75, 3.05) is 0 Å². The van der Waals surface area contributed by atoms with Gasteiger partial charge in [0.15, 0.2) is 0 Å². The van der Waals surface area contributed by atoms with Gasteiger partial charge in [-0.2, -0.15) is 24.1 Å². The molecule has 1 aliphatic rings. The molecule has 0 aromatic heterocycles. The number of hydrogen-bond donors (Lipinski definition) is 0. The van der Waals surface area contributed by atoms with Gasteiger partial charge in [0.2, 0.25) is 0 Å². The third kappa shape index (κ3) is 6.08. The summed E-state index contributed by atoms with van der Waals surface area (Å²) in [6, 6.07) is 29.3. The summed E-state index contributed by atoms with van der Waals surface area (Å²) in [6.07, 6.45) is 4.17. The summed E-state index contributed by atoms with van der Waals surface area (Å²) >= 11 is 0. The molecule has 1 fully saturated rings. The van der Waals surface area contributed by atoms with E-state index in [0.717, 1.165) is 5.92 Å². The molecule has 126 valence electrons. The first-order valence-electron chi connectivity index (χ1n) is 8.37. The van der Waals surface area contributed by atoms with Crippen molar-refractivity contribution in [1.82, 2.24) is 0 Å². The van der Waals surface area contributed by atoms with E-state index in [4.69, 9.17) is 0 Å². The Morgan fingerprint density at radius 2 is 1.20 bits per heavy atom. The Bertz CT molecular complexity index is 752. The van der Waals surface area contributed by atoms with Gasteiger partial charge in [-0.3, -0.25) is 0 Å². The summed E-state index contributed by atoms with van der Waals surface area (Å²) < 4.78 is 0. The van der Waals surface area contributed by atoms with Crippen molar-refractivity contribution in [3.05, 3.63) is 99.3 Å². The third-order valence-electron chi connectivity index (χ3n) is 4.30. The van der Waals surface area contributed by atoms with Crippen LogP contribution in [0.1, 0.15) is 19.3 Å². The summed E-state index contributed by atoms with van der Waals surface area (Å²) in [5.74, 6) is 0.815. The topological polar surface area (TPSA) is 0 Å². The molecule has 0 aliphatic heterocycles. The number of fused-ring (bicyclic) bond motifs is 3. The van der Waals surface area contributed by atoms with Crippen molar-refractivity contribution < 1.29 is 26.2 Å². The van der Waals surface area contributed by atoms with Gasteiger partial charge in [-0.25, -0.2) is 12.1 Å². The molecule has 0 atom stereocenters. The zero-order valence-electron chi connectivity index (χ0n) is 15.0. The zero-order chi connectivity index (χ0) is 15.9. The van der Waals surface area contributed by atoms with Gasteiger partial charge in [0, 0.05) is 0 Å². The van der Waals surface area contributed by atoms with Crippen LogP contribution in [0.2, 0.25) is 0 Å². The van der Waals surface area contributed by atoms with E-state index in [-0.39, 0.29) is 33.6 Å². The van der Waals surface area contributed by atoms with Gasteiger partial charge >= 0.3 is 26.2 Å².